The van der Waals surface area contributed by atoms with Crippen LogP contribution in [0.5, 0.6) is 0 Å². The average Bonchev–Trinajstić information content (AvgIpc) is 2.98. The third-order valence-corrected chi connectivity index (χ3v) is 7.61. The van der Waals surface area contributed by atoms with E-state index < -0.39 is 16.1 Å². The van der Waals surface area contributed by atoms with Crippen LogP contribution in [0, 0.1) is 0 Å². The lowest BCUT2D eigenvalue weighted by Crippen LogP contribution is -2.29. The summed E-state index contributed by atoms with van der Waals surface area (Å²) in [5.74, 6) is -0.00649. The van der Waals surface area contributed by atoms with Crippen LogP contribution in [-0.4, -0.2) is 42.8 Å². The van der Waals surface area contributed by atoms with E-state index in [0.29, 0.717) is 18.5 Å². The summed E-state index contributed by atoms with van der Waals surface area (Å²) in [6.07, 6.45) is 0.0290. The minimum absolute atomic E-state index is 0.00649. The van der Waals surface area contributed by atoms with Crippen LogP contribution < -0.4 is 0 Å². The molecule has 1 unspecified atom stereocenters. The molecule has 1 saturated heterocycles. The largest absolute Gasteiger partial charge is 0.392 e. The molecular weight excluding hydrogens is 358 g/mol. The number of aliphatic hydroxyl groups is 1. The molecule has 5 nitrogen and oxygen atoms in total. The summed E-state index contributed by atoms with van der Waals surface area (Å²) in [6.45, 7) is 0.443. The first-order chi connectivity index (χ1) is 11.9. The molecule has 7 heteroatoms. The smallest absolute Gasteiger partial charge is 0.243 e. The van der Waals surface area contributed by atoms with Crippen LogP contribution in [0.4, 0.5) is 0 Å². The standard InChI is InChI=1S/C18H17NO4S2/c20-13-7-8-19(11-13)25(22,23)14-5-6-17-12(9-14)10-16(21)15-3-1-2-4-18(15)24-17/h1-6,9,13,20H,7-8,10-11H2. The molecule has 2 aromatic carbocycles. The lowest BCUT2D eigenvalue weighted by Gasteiger charge is -2.17. The highest BCUT2D eigenvalue weighted by Gasteiger charge is 2.32. The number of Topliss-reactive ketones (excluding diaryl/α,β-unsaturated/α-hetero) is 1. The molecular formula is C18H17NO4S2. The van der Waals surface area contributed by atoms with Gasteiger partial charge in [0.2, 0.25) is 10.0 Å². The van der Waals surface area contributed by atoms with Crippen LogP contribution in [0.25, 0.3) is 0 Å². The summed E-state index contributed by atoms with van der Waals surface area (Å²) in [7, 11) is -3.65. The molecule has 2 aliphatic heterocycles. The van der Waals surface area contributed by atoms with E-state index in [1.165, 1.54) is 16.1 Å². The molecule has 0 saturated carbocycles. The highest BCUT2D eigenvalue weighted by atomic mass is 32.2. The van der Waals surface area contributed by atoms with Gasteiger partial charge in [0.15, 0.2) is 5.78 Å². The van der Waals surface area contributed by atoms with Crippen molar-refractivity contribution in [1.29, 1.82) is 0 Å². The first-order valence-electron chi connectivity index (χ1n) is 8.06. The van der Waals surface area contributed by atoms with Crippen LogP contribution in [0.2, 0.25) is 0 Å². The second-order valence-electron chi connectivity index (χ2n) is 6.27. The number of β-amino-alcohol motifs (C(OH)–C–C–N with tert-alkyl or cyclic N) is 1. The Balaban J connectivity index is 1.72. The van der Waals surface area contributed by atoms with Crippen LogP contribution in [0.15, 0.2) is 57.2 Å². The summed E-state index contributed by atoms with van der Waals surface area (Å²) in [5, 5.41) is 9.62. The van der Waals surface area contributed by atoms with Gasteiger partial charge in [0.1, 0.15) is 0 Å². The molecule has 2 heterocycles. The normalized spacial score (nSPS) is 20.8. The van der Waals surface area contributed by atoms with Gasteiger partial charge in [-0.2, -0.15) is 4.31 Å². The van der Waals surface area contributed by atoms with E-state index in [4.69, 9.17) is 0 Å². The van der Waals surface area contributed by atoms with Gasteiger partial charge in [0.25, 0.3) is 0 Å². The SMILES string of the molecule is O=C1Cc2cc(S(=O)(=O)N3CCC(O)C3)ccc2Sc2ccccc21. The summed E-state index contributed by atoms with van der Waals surface area (Å²) < 4.78 is 26.9. The Labute approximate surface area is 150 Å². The predicted octanol–water partition coefficient (Wildman–Crippen LogP) is 2.33. The quantitative estimate of drug-likeness (QED) is 0.872. The monoisotopic (exact) mass is 375 g/mol. The number of fused-ring (bicyclic) bond motifs is 2. The van der Waals surface area contributed by atoms with E-state index in [-0.39, 0.29) is 23.6 Å². The Morgan fingerprint density at radius 3 is 2.68 bits per heavy atom. The second kappa shape index (κ2) is 6.25. The maximum absolute atomic E-state index is 12.8. The van der Waals surface area contributed by atoms with Gasteiger partial charge in [-0.05, 0) is 36.2 Å². The first-order valence-corrected chi connectivity index (χ1v) is 10.3. The number of rotatable bonds is 2. The molecule has 2 aliphatic rings. The van der Waals surface area contributed by atoms with Crippen molar-refractivity contribution in [3.05, 3.63) is 53.6 Å². The molecule has 0 bridgehead atoms. The number of carbonyl (C=O) groups excluding carboxylic acids is 1. The van der Waals surface area contributed by atoms with Gasteiger partial charge in [-0.1, -0.05) is 30.0 Å². The van der Waals surface area contributed by atoms with Gasteiger partial charge >= 0.3 is 0 Å². The van der Waals surface area contributed by atoms with Crippen LogP contribution in [0.3, 0.4) is 0 Å². The minimum atomic E-state index is -3.65. The molecule has 0 aliphatic carbocycles. The van der Waals surface area contributed by atoms with Gasteiger partial charge in [-0.25, -0.2) is 8.42 Å². The summed E-state index contributed by atoms with van der Waals surface area (Å²) >= 11 is 1.49. The summed E-state index contributed by atoms with van der Waals surface area (Å²) in [5.41, 5.74) is 1.41. The highest BCUT2D eigenvalue weighted by Crippen LogP contribution is 2.38. The minimum Gasteiger partial charge on any atom is -0.392 e. The van der Waals surface area contributed by atoms with Crippen molar-refractivity contribution in [2.45, 2.75) is 33.6 Å². The molecule has 130 valence electrons. The first kappa shape index (κ1) is 16.8. The highest BCUT2D eigenvalue weighted by molar-refractivity contribution is 7.99. The molecule has 1 atom stereocenters. The maximum atomic E-state index is 12.8. The number of benzene rings is 2. The van der Waals surface area contributed by atoms with E-state index >= 15 is 0 Å². The van der Waals surface area contributed by atoms with Crippen LogP contribution in [0.1, 0.15) is 22.3 Å². The fourth-order valence-corrected chi connectivity index (χ4v) is 5.82. The molecule has 4 rings (SSSR count). The van der Waals surface area contributed by atoms with Crippen molar-refractivity contribution in [1.82, 2.24) is 4.31 Å². The van der Waals surface area contributed by atoms with Crippen LogP contribution >= 0.6 is 11.8 Å². The van der Waals surface area contributed by atoms with Gasteiger partial charge in [-0.3, -0.25) is 4.79 Å². The molecule has 2 aromatic rings. The van der Waals surface area contributed by atoms with Crippen molar-refractivity contribution < 1.29 is 18.3 Å². The number of hydrogen-bond donors (Lipinski definition) is 1. The van der Waals surface area contributed by atoms with Crippen LogP contribution in [-0.2, 0) is 16.4 Å². The molecule has 0 amide bonds. The van der Waals surface area contributed by atoms with E-state index in [9.17, 15) is 18.3 Å². The Bertz CT molecular complexity index is 955. The van der Waals surface area contributed by atoms with Crippen molar-refractivity contribution >= 4 is 27.6 Å². The predicted molar refractivity (Wildman–Crippen MR) is 94.4 cm³/mol. The molecule has 0 aromatic heterocycles. The van der Waals surface area contributed by atoms with Crippen molar-refractivity contribution in [3.63, 3.8) is 0 Å². The fraction of sp³-hybridized carbons (Fsp3) is 0.278. The van der Waals surface area contributed by atoms with E-state index in [1.54, 1.807) is 24.3 Å². The lowest BCUT2D eigenvalue weighted by molar-refractivity contribution is 0.0990. The lowest BCUT2D eigenvalue weighted by atomic mass is 10.0. The topological polar surface area (TPSA) is 74.7 Å². The third kappa shape index (κ3) is 3.01. The number of sulfonamides is 1. The van der Waals surface area contributed by atoms with Gasteiger partial charge < -0.3 is 5.11 Å². The second-order valence-corrected chi connectivity index (χ2v) is 9.29. The van der Waals surface area contributed by atoms with Gasteiger partial charge in [-0.15, -0.1) is 0 Å². The number of ketones is 1. The molecule has 1 fully saturated rings. The van der Waals surface area contributed by atoms with Crippen molar-refractivity contribution in [2.24, 2.45) is 0 Å². The zero-order chi connectivity index (χ0) is 17.6. The summed E-state index contributed by atoms with van der Waals surface area (Å²) in [4.78, 5) is 14.5. The van der Waals surface area contributed by atoms with Gasteiger partial charge in [0, 0.05) is 34.9 Å². The van der Waals surface area contributed by atoms with E-state index in [2.05, 4.69) is 0 Å². The average molecular weight is 375 g/mol. The van der Waals surface area contributed by atoms with Crippen molar-refractivity contribution in [2.75, 3.05) is 13.1 Å². The fourth-order valence-electron chi connectivity index (χ4n) is 3.20. The number of hydrogen-bond acceptors (Lipinski definition) is 5. The Morgan fingerprint density at radius 2 is 1.92 bits per heavy atom. The Kier molecular flexibility index (Phi) is 4.19. The molecule has 0 radical (unpaired) electrons. The molecule has 25 heavy (non-hydrogen) atoms. The third-order valence-electron chi connectivity index (χ3n) is 4.55. The van der Waals surface area contributed by atoms with E-state index in [0.717, 1.165) is 15.4 Å². The number of aliphatic hydroxyl groups excluding tert-OH is 1. The zero-order valence-electron chi connectivity index (χ0n) is 13.4. The maximum Gasteiger partial charge on any atom is 0.243 e. The van der Waals surface area contributed by atoms with Gasteiger partial charge in [0.05, 0.1) is 11.0 Å². The summed E-state index contributed by atoms with van der Waals surface area (Å²) in [6, 6.07) is 12.4. The Morgan fingerprint density at radius 1 is 1.12 bits per heavy atom. The van der Waals surface area contributed by atoms with E-state index in [1.807, 2.05) is 18.2 Å². The zero-order valence-corrected chi connectivity index (χ0v) is 15.0. The molecule has 1 N–H and O–H groups in total. The molecule has 0 spiro atoms. The number of nitrogens with zero attached hydrogens (tertiary/aromatic N) is 1. The Hall–Kier alpha value is -1.67. The van der Waals surface area contributed by atoms with Crippen molar-refractivity contribution in [3.8, 4) is 0 Å². The number of carbonyl (C=O) groups is 1.